The van der Waals surface area contributed by atoms with E-state index in [1.54, 1.807) is 0 Å². The molecular weight excluding hydrogens is 238 g/mol. The predicted octanol–water partition coefficient (Wildman–Crippen LogP) is 3.30. The smallest absolute Gasteiger partial charge is 0.357 e. The van der Waals surface area contributed by atoms with Gasteiger partial charge in [0.1, 0.15) is 12.3 Å². The lowest BCUT2D eigenvalue weighted by atomic mass is 10.0. The molecule has 0 amide bonds. The van der Waals surface area contributed by atoms with Gasteiger partial charge in [-0.2, -0.15) is 0 Å². The maximum absolute atomic E-state index is 12.0. The van der Waals surface area contributed by atoms with E-state index in [1.807, 2.05) is 44.2 Å². The lowest BCUT2D eigenvalue weighted by molar-refractivity contribution is -0.136. The molecule has 1 atom stereocenters. The Morgan fingerprint density at radius 3 is 2.58 bits per heavy atom. The molecule has 2 rings (SSSR count). The highest BCUT2D eigenvalue weighted by molar-refractivity contribution is 6.44. The molecule has 1 aromatic rings. The van der Waals surface area contributed by atoms with Crippen LogP contribution in [-0.2, 0) is 16.1 Å². The molecule has 0 spiro atoms. The average molecular weight is 257 g/mol. The van der Waals surface area contributed by atoms with Gasteiger partial charge in [-0.05, 0) is 37.0 Å². The molecule has 100 valence electrons. The Kier molecular flexibility index (Phi) is 4.15. The van der Waals surface area contributed by atoms with E-state index < -0.39 is 0 Å². The number of hydrogen-bond acceptors (Lipinski definition) is 3. The Labute approximate surface area is 114 Å². The summed E-state index contributed by atoms with van der Waals surface area (Å²) in [6, 6.07) is 9.77. The molecular formula is C16H19NO2. The van der Waals surface area contributed by atoms with Gasteiger partial charge in [0, 0.05) is 0 Å². The fourth-order valence-corrected chi connectivity index (χ4v) is 2.39. The molecule has 0 aromatic heterocycles. The van der Waals surface area contributed by atoms with Crippen LogP contribution in [0.25, 0.3) is 0 Å². The SMILES string of the molecule is CCC1=C(C)C(C(=O)OCc2ccccc2)=NC1C. The highest BCUT2D eigenvalue weighted by Gasteiger charge is 2.26. The summed E-state index contributed by atoms with van der Waals surface area (Å²) >= 11 is 0. The molecule has 0 N–H and O–H groups in total. The number of rotatable bonds is 4. The molecule has 3 nitrogen and oxygen atoms in total. The first-order valence-electron chi connectivity index (χ1n) is 6.62. The van der Waals surface area contributed by atoms with Crippen molar-refractivity contribution in [3.63, 3.8) is 0 Å². The van der Waals surface area contributed by atoms with Crippen molar-refractivity contribution in [2.45, 2.75) is 39.8 Å². The lowest BCUT2D eigenvalue weighted by Crippen LogP contribution is -2.17. The molecule has 19 heavy (non-hydrogen) atoms. The van der Waals surface area contributed by atoms with Crippen LogP contribution in [0.3, 0.4) is 0 Å². The van der Waals surface area contributed by atoms with Gasteiger partial charge in [-0.25, -0.2) is 4.79 Å². The van der Waals surface area contributed by atoms with E-state index in [9.17, 15) is 4.79 Å². The summed E-state index contributed by atoms with van der Waals surface area (Å²) < 4.78 is 5.32. The number of hydrogen-bond donors (Lipinski definition) is 0. The number of ether oxygens (including phenoxy) is 1. The molecule has 0 fully saturated rings. The van der Waals surface area contributed by atoms with Crippen LogP contribution in [0.4, 0.5) is 0 Å². The Hall–Kier alpha value is -1.90. The first kappa shape index (κ1) is 13.5. The number of nitrogens with zero attached hydrogens (tertiary/aromatic N) is 1. The first-order valence-corrected chi connectivity index (χ1v) is 6.62. The zero-order valence-electron chi connectivity index (χ0n) is 11.6. The molecule has 0 bridgehead atoms. The highest BCUT2D eigenvalue weighted by atomic mass is 16.5. The zero-order chi connectivity index (χ0) is 13.8. The molecule has 0 radical (unpaired) electrons. The zero-order valence-corrected chi connectivity index (χ0v) is 11.6. The molecule has 1 aromatic carbocycles. The molecule has 1 aliphatic rings. The second-order valence-electron chi connectivity index (χ2n) is 4.72. The Morgan fingerprint density at radius 2 is 2.00 bits per heavy atom. The van der Waals surface area contributed by atoms with E-state index in [4.69, 9.17) is 4.74 Å². The maximum atomic E-state index is 12.0. The number of benzene rings is 1. The summed E-state index contributed by atoms with van der Waals surface area (Å²) in [5.41, 5.74) is 3.68. The minimum absolute atomic E-state index is 0.101. The molecule has 1 aliphatic heterocycles. The Morgan fingerprint density at radius 1 is 1.32 bits per heavy atom. The van der Waals surface area contributed by atoms with Crippen LogP contribution in [0.2, 0.25) is 0 Å². The molecule has 0 aliphatic carbocycles. The largest absolute Gasteiger partial charge is 0.456 e. The van der Waals surface area contributed by atoms with Crippen molar-refractivity contribution < 1.29 is 9.53 Å². The fraction of sp³-hybridized carbons (Fsp3) is 0.375. The minimum Gasteiger partial charge on any atom is -0.456 e. The molecule has 0 saturated heterocycles. The van der Waals surface area contributed by atoms with E-state index in [-0.39, 0.29) is 12.0 Å². The van der Waals surface area contributed by atoms with Crippen LogP contribution in [0.5, 0.6) is 0 Å². The van der Waals surface area contributed by atoms with Crippen molar-refractivity contribution in [3.05, 3.63) is 47.0 Å². The van der Waals surface area contributed by atoms with E-state index >= 15 is 0 Å². The van der Waals surface area contributed by atoms with Crippen LogP contribution in [0, 0.1) is 0 Å². The van der Waals surface area contributed by atoms with Gasteiger partial charge < -0.3 is 4.74 Å². The summed E-state index contributed by atoms with van der Waals surface area (Å²) in [5, 5.41) is 0. The third-order valence-electron chi connectivity index (χ3n) is 3.45. The summed E-state index contributed by atoms with van der Waals surface area (Å²) in [6.45, 7) is 6.34. The normalized spacial score (nSPS) is 18.5. The second kappa shape index (κ2) is 5.83. The predicted molar refractivity (Wildman–Crippen MR) is 76.1 cm³/mol. The maximum Gasteiger partial charge on any atom is 0.357 e. The van der Waals surface area contributed by atoms with Gasteiger partial charge in [0.25, 0.3) is 0 Å². The highest BCUT2D eigenvalue weighted by Crippen LogP contribution is 2.24. The van der Waals surface area contributed by atoms with Crippen LogP contribution in [0.1, 0.15) is 32.8 Å². The van der Waals surface area contributed by atoms with Gasteiger partial charge >= 0.3 is 5.97 Å². The van der Waals surface area contributed by atoms with Gasteiger partial charge in [-0.15, -0.1) is 0 Å². The van der Waals surface area contributed by atoms with E-state index in [1.165, 1.54) is 5.57 Å². The molecule has 1 heterocycles. The van der Waals surface area contributed by atoms with E-state index in [2.05, 4.69) is 11.9 Å². The standard InChI is InChI=1S/C16H19NO2/c1-4-14-11(2)15(17-12(14)3)16(18)19-10-13-8-6-5-7-9-13/h5-9,12H,4,10H2,1-3H3. The number of carbonyl (C=O) groups is 1. The van der Waals surface area contributed by atoms with Crippen molar-refractivity contribution in [1.29, 1.82) is 0 Å². The van der Waals surface area contributed by atoms with Gasteiger partial charge in [-0.1, -0.05) is 37.3 Å². The van der Waals surface area contributed by atoms with Crippen molar-refractivity contribution >= 4 is 11.7 Å². The van der Waals surface area contributed by atoms with Crippen LogP contribution >= 0.6 is 0 Å². The van der Waals surface area contributed by atoms with Crippen molar-refractivity contribution in [2.24, 2.45) is 4.99 Å². The first-order chi connectivity index (χ1) is 9.13. The quantitative estimate of drug-likeness (QED) is 0.776. The second-order valence-corrected chi connectivity index (χ2v) is 4.72. The number of carbonyl (C=O) groups excluding carboxylic acids is 1. The summed E-state index contributed by atoms with van der Waals surface area (Å²) in [7, 11) is 0. The topological polar surface area (TPSA) is 38.7 Å². The van der Waals surface area contributed by atoms with E-state index in [0.29, 0.717) is 12.3 Å². The number of esters is 1. The minimum atomic E-state index is -0.323. The van der Waals surface area contributed by atoms with Crippen molar-refractivity contribution in [2.75, 3.05) is 0 Å². The van der Waals surface area contributed by atoms with Crippen molar-refractivity contribution in [3.8, 4) is 0 Å². The fourth-order valence-electron chi connectivity index (χ4n) is 2.39. The van der Waals surface area contributed by atoms with Crippen LogP contribution < -0.4 is 0 Å². The van der Waals surface area contributed by atoms with Gasteiger partial charge in [-0.3, -0.25) is 4.99 Å². The molecule has 1 unspecified atom stereocenters. The summed E-state index contributed by atoms with van der Waals surface area (Å²) in [6.07, 6.45) is 0.923. The van der Waals surface area contributed by atoms with E-state index in [0.717, 1.165) is 17.6 Å². The third-order valence-corrected chi connectivity index (χ3v) is 3.45. The van der Waals surface area contributed by atoms with Crippen LogP contribution in [-0.4, -0.2) is 17.7 Å². The molecule has 3 heteroatoms. The summed E-state index contributed by atoms with van der Waals surface area (Å²) in [4.78, 5) is 16.5. The van der Waals surface area contributed by atoms with Crippen LogP contribution in [0.15, 0.2) is 46.5 Å². The summed E-state index contributed by atoms with van der Waals surface area (Å²) in [5.74, 6) is -0.323. The third kappa shape index (κ3) is 2.92. The molecule has 0 saturated carbocycles. The van der Waals surface area contributed by atoms with Gasteiger partial charge in [0.05, 0.1) is 6.04 Å². The number of aliphatic imine (C=N–C) groups is 1. The van der Waals surface area contributed by atoms with Gasteiger partial charge in [0.2, 0.25) is 0 Å². The monoisotopic (exact) mass is 257 g/mol. The average Bonchev–Trinajstić information content (AvgIpc) is 2.72. The Balaban J connectivity index is 2.02. The van der Waals surface area contributed by atoms with Crippen molar-refractivity contribution in [1.82, 2.24) is 0 Å². The van der Waals surface area contributed by atoms with Gasteiger partial charge in [0.15, 0.2) is 0 Å². The Bertz CT molecular complexity index is 529. The lowest BCUT2D eigenvalue weighted by Gasteiger charge is -2.06.